The van der Waals surface area contributed by atoms with Crippen molar-refractivity contribution in [2.24, 2.45) is 0 Å². The van der Waals surface area contributed by atoms with Crippen LogP contribution in [-0.2, 0) is 9.16 Å². The summed E-state index contributed by atoms with van der Waals surface area (Å²) < 4.78 is 12.5. The highest BCUT2D eigenvalue weighted by Crippen LogP contribution is 2.36. The zero-order chi connectivity index (χ0) is 22.2. The van der Waals surface area contributed by atoms with Crippen molar-refractivity contribution in [2.75, 3.05) is 26.4 Å². The molecule has 2 aromatic rings. The summed E-state index contributed by atoms with van der Waals surface area (Å²) in [5, 5.41) is 11.6. The van der Waals surface area contributed by atoms with Crippen LogP contribution in [-0.4, -0.2) is 56.8 Å². The fraction of sp³-hybridized carbons (Fsp3) is 0.458. The maximum Gasteiger partial charge on any atom is 0.407 e. The third kappa shape index (κ3) is 5.71. The van der Waals surface area contributed by atoms with Crippen molar-refractivity contribution in [3.63, 3.8) is 0 Å². The molecule has 164 valence electrons. The molecule has 6 heteroatoms. The van der Waals surface area contributed by atoms with E-state index in [-0.39, 0.29) is 11.1 Å². The summed E-state index contributed by atoms with van der Waals surface area (Å²) in [6.07, 6.45) is -0.919. The zero-order valence-corrected chi connectivity index (χ0v) is 19.8. The number of rotatable bonds is 10. The van der Waals surface area contributed by atoms with Gasteiger partial charge in [0.1, 0.15) is 0 Å². The predicted molar refractivity (Wildman–Crippen MR) is 124 cm³/mol. The van der Waals surface area contributed by atoms with Crippen LogP contribution in [0.2, 0.25) is 5.04 Å². The van der Waals surface area contributed by atoms with Gasteiger partial charge in [0.15, 0.2) is 0 Å². The molecule has 0 aliphatic rings. The van der Waals surface area contributed by atoms with Gasteiger partial charge in [-0.3, -0.25) is 0 Å². The topological polar surface area (TPSA) is 59.0 Å². The number of nitrogens with zero attached hydrogens (tertiary/aromatic N) is 1. The standard InChI is InChI=1S/C24H35NO4Si/c1-20(2)25(23(26)27)16-17-28-18-19-29-30(24(3,4)5,21-12-8-6-9-13-21)22-14-10-7-11-15-22/h6-15,20H,16-19H2,1-5H3,(H,26,27). The first-order valence-corrected chi connectivity index (χ1v) is 12.4. The van der Waals surface area contributed by atoms with Gasteiger partial charge in [-0.15, -0.1) is 0 Å². The fourth-order valence-corrected chi connectivity index (χ4v) is 8.40. The zero-order valence-electron chi connectivity index (χ0n) is 18.8. The van der Waals surface area contributed by atoms with Gasteiger partial charge in [-0.1, -0.05) is 81.4 Å². The highest BCUT2D eigenvalue weighted by atomic mass is 28.4. The Morgan fingerprint density at radius 2 is 1.43 bits per heavy atom. The number of hydrogen-bond acceptors (Lipinski definition) is 3. The van der Waals surface area contributed by atoms with Crippen LogP contribution in [0.3, 0.4) is 0 Å². The summed E-state index contributed by atoms with van der Waals surface area (Å²) in [4.78, 5) is 12.6. The van der Waals surface area contributed by atoms with E-state index in [1.807, 2.05) is 26.0 Å². The molecule has 1 N–H and O–H groups in total. The second-order valence-corrected chi connectivity index (χ2v) is 13.0. The number of carboxylic acid groups (broad SMARTS) is 1. The van der Waals surface area contributed by atoms with Gasteiger partial charge in [0.25, 0.3) is 8.32 Å². The van der Waals surface area contributed by atoms with Gasteiger partial charge < -0.3 is 19.2 Å². The minimum absolute atomic E-state index is 0.0699. The van der Waals surface area contributed by atoms with E-state index < -0.39 is 14.4 Å². The maximum atomic E-state index is 11.3. The first kappa shape index (κ1) is 24.1. The van der Waals surface area contributed by atoms with Crippen LogP contribution in [0.5, 0.6) is 0 Å². The molecule has 0 aliphatic heterocycles. The Labute approximate surface area is 181 Å². The van der Waals surface area contributed by atoms with Gasteiger partial charge in [0.2, 0.25) is 0 Å². The molecule has 0 aromatic heterocycles. The van der Waals surface area contributed by atoms with Gasteiger partial charge in [-0.25, -0.2) is 4.79 Å². The molecule has 2 rings (SSSR count). The molecule has 0 saturated heterocycles. The third-order valence-electron chi connectivity index (χ3n) is 5.31. The van der Waals surface area contributed by atoms with Crippen LogP contribution >= 0.6 is 0 Å². The van der Waals surface area contributed by atoms with E-state index in [9.17, 15) is 9.90 Å². The molecule has 0 fully saturated rings. The summed E-state index contributed by atoms with van der Waals surface area (Å²) >= 11 is 0. The minimum atomic E-state index is -2.55. The number of ether oxygens (including phenoxy) is 1. The summed E-state index contributed by atoms with van der Waals surface area (Å²) in [5.41, 5.74) is 0. The third-order valence-corrected chi connectivity index (χ3v) is 10.4. The van der Waals surface area contributed by atoms with E-state index in [2.05, 4.69) is 69.3 Å². The fourth-order valence-electron chi connectivity index (χ4n) is 3.85. The quantitative estimate of drug-likeness (QED) is 0.459. The normalized spacial score (nSPS) is 12.2. The lowest BCUT2D eigenvalue weighted by Gasteiger charge is -2.43. The molecule has 30 heavy (non-hydrogen) atoms. The van der Waals surface area contributed by atoms with E-state index in [0.29, 0.717) is 26.4 Å². The molecule has 0 saturated carbocycles. The first-order chi connectivity index (χ1) is 14.2. The Morgan fingerprint density at radius 1 is 0.933 bits per heavy atom. The van der Waals surface area contributed by atoms with Crippen molar-refractivity contribution in [1.29, 1.82) is 0 Å². The van der Waals surface area contributed by atoms with Crippen molar-refractivity contribution in [1.82, 2.24) is 4.90 Å². The number of carbonyl (C=O) groups is 1. The van der Waals surface area contributed by atoms with Crippen LogP contribution in [0.15, 0.2) is 60.7 Å². The first-order valence-electron chi connectivity index (χ1n) is 10.5. The van der Waals surface area contributed by atoms with Crippen molar-refractivity contribution in [2.45, 2.75) is 45.7 Å². The second kappa shape index (κ2) is 10.7. The van der Waals surface area contributed by atoms with Crippen LogP contribution in [0.4, 0.5) is 4.79 Å². The summed E-state index contributed by atoms with van der Waals surface area (Å²) in [6, 6.07) is 20.9. The molecule has 0 heterocycles. The van der Waals surface area contributed by atoms with Crippen molar-refractivity contribution < 1.29 is 19.1 Å². The molecule has 0 unspecified atom stereocenters. The second-order valence-electron chi connectivity index (χ2n) is 8.69. The molecule has 0 bridgehead atoms. The molecule has 0 radical (unpaired) electrons. The lowest BCUT2D eigenvalue weighted by molar-refractivity contribution is 0.0674. The van der Waals surface area contributed by atoms with Crippen molar-refractivity contribution in [3.8, 4) is 0 Å². The van der Waals surface area contributed by atoms with E-state index in [4.69, 9.17) is 9.16 Å². The molecule has 0 spiro atoms. The highest BCUT2D eigenvalue weighted by molar-refractivity contribution is 6.99. The Bertz CT molecular complexity index is 735. The maximum absolute atomic E-state index is 11.3. The molecular weight excluding hydrogens is 394 g/mol. The highest BCUT2D eigenvalue weighted by Gasteiger charge is 2.49. The largest absolute Gasteiger partial charge is 0.465 e. The van der Waals surface area contributed by atoms with Crippen LogP contribution in [0.25, 0.3) is 0 Å². The van der Waals surface area contributed by atoms with Gasteiger partial charge in [-0.05, 0) is 29.3 Å². The van der Waals surface area contributed by atoms with E-state index >= 15 is 0 Å². The Kier molecular flexibility index (Phi) is 8.64. The summed E-state index contributed by atoms with van der Waals surface area (Å²) in [5.74, 6) is 0. The molecule has 5 nitrogen and oxygen atoms in total. The molecule has 1 amide bonds. The Balaban J connectivity index is 2.13. The van der Waals surface area contributed by atoms with Gasteiger partial charge in [-0.2, -0.15) is 0 Å². The van der Waals surface area contributed by atoms with Crippen LogP contribution in [0.1, 0.15) is 34.6 Å². The van der Waals surface area contributed by atoms with Gasteiger partial charge >= 0.3 is 6.09 Å². The van der Waals surface area contributed by atoms with E-state index in [1.165, 1.54) is 15.3 Å². The van der Waals surface area contributed by atoms with Crippen molar-refractivity contribution >= 4 is 24.8 Å². The smallest absolute Gasteiger partial charge is 0.407 e. The monoisotopic (exact) mass is 429 g/mol. The van der Waals surface area contributed by atoms with E-state index in [0.717, 1.165) is 0 Å². The average Bonchev–Trinajstić information content (AvgIpc) is 2.70. The van der Waals surface area contributed by atoms with Crippen LogP contribution in [0, 0.1) is 0 Å². The lowest BCUT2D eigenvalue weighted by Crippen LogP contribution is -2.66. The average molecular weight is 430 g/mol. The van der Waals surface area contributed by atoms with Gasteiger partial charge in [0.05, 0.1) is 19.8 Å². The predicted octanol–water partition coefficient (Wildman–Crippen LogP) is 3.97. The summed E-state index contributed by atoms with van der Waals surface area (Å²) in [6.45, 7) is 12.0. The molecule has 0 aliphatic carbocycles. The Hall–Kier alpha value is -2.15. The molecule has 2 aromatic carbocycles. The number of benzene rings is 2. The number of amides is 1. The Morgan fingerprint density at radius 3 is 1.83 bits per heavy atom. The molecular formula is C24H35NO4Si. The SMILES string of the molecule is CC(C)N(CCOCCO[Si](c1ccccc1)(c1ccccc1)C(C)(C)C)C(=O)O. The summed E-state index contributed by atoms with van der Waals surface area (Å²) in [7, 11) is -2.55. The number of hydrogen-bond donors (Lipinski definition) is 1. The van der Waals surface area contributed by atoms with Crippen molar-refractivity contribution in [3.05, 3.63) is 60.7 Å². The van der Waals surface area contributed by atoms with E-state index in [1.54, 1.807) is 0 Å². The lowest BCUT2D eigenvalue weighted by atomic mass is 10.2. The van der Waals surface area contributed by atoms with Gasteiger partial charge in [0, 0.05) is 12.6 Å². The minimum Gasteiger partial charge on any atom is -0.465 e. The van der Waals surface area contributed by atoms with Crippen LogP contribution < -0.4 is 10.4 Å². The molecule has 0 atom stereocenters.